The largest absolute Gasteiger partial charge is 0.378 e. The number of aromatic nitrogens is 4. The number of ether oxygens (including phenoxy) is 1. The summed E-state index contributed by atoms with van der Waals surface area (Å²) in [4.78, 5) is 25.5. The third-order valence-corrected chi connectivity index (χ3v) is 7.50. The van der Waals surface area contributed by atoms with Gasteiger partial charge in [0.1, 0.15) is 11.7 Å². The smallest absolute Gasteiger partial charge is 0.225 e. The number of alkyl halides is 1. The van der Waals surface area contributed by atoms with E-state index >= 15 is 0 Å². The summed E-state index contributed by atoms with van der Waals surface area (Å²) < 4.78 is 21.5. The zero-order valence-electron chi connectivity index (χ0n) is 19.8. The van der Waals surface area contributed by atoms with Gasteiger partial charge in [0.05, 0.1) is 46.2 Å². The number of nitrogens with zero attached hydrogens (tertiary/aromatic N) is 5. The number of carbonyl (C=O) groups is 1. The van der Waals surface area contributed by atoms with E-state index in [4.69, 9.17) is 43.6 Å². The predicted octanol–water partition coefficient (Wildman–Crippen LogP) is 4.50. The maximum Gasteiger partial charge on any atom is 0.225 e. The second kappa shape index (κ2) is 10.7. The molecule has 1 aromatic carbocycles. The molecule has 2 aliphatic rings. The molecule has 1 amide bonds. The predicted molar refractivity (Wildman–Crippen MR) is 138 cm³/mol. The van der Waals surface area contributed by atoms with Crippen molar-refractivity contribution in [3.8, 4) is 6.07 Å². The molecule has 13 heteroatoms. The molecule has 194 valence electrons. The lowest BCUT2D eigenvalue weighted by Gasteiger charge is -2.29. The molecule has 0 unspecified atom stereocenters. The molecule has 37 heavy (non-hydrogen) atoms. The number of hydrogen-bond acceptors (Lipinski definition) is 8. The third kappa shape index (κ3) is 5.28. The van der Waals surface area contributed by atoms with Gasteiger partial charge in [-0.3, -0.25) is 9.36 Å². The molecule has 0 bridgehead atoms. The van der Waals surface area contributed by atoms with Gasteiger partial charge in [0.15, 0.2) is 5.65 Å². The first-order chi connectivity index (χ1) is 17.8. The van der Waals surface area contributed by atoms with Crippen molar-refractivity contribution >= 4 is 57.9 Å². The number of rotatable bonds is 6. The number of imidazole rings is 1. The Labute approximate surface area is 222 Å². The molecule has 1 aliphatic carbocycles. The van der Waals surface area contributed by atoms with Gasteiger partial charge in [-0.1, -0.05) is 23.2 Å². The van der Waals surface area contributed by atoms with Crippen LogP contribution in [-0.2, 0) is 9.53 Å². The van der Waals surface area contributed by atoms with Gasteiger partial charge < -0.3 is 21.1 Å². The Hall–Kier alpha value is -3.20. The molecule has 2 atom stereocenters. The molecule has 1 saturated carbocycles. The van der Waals surface area contributed by atoms with Gasteiger partial charge in [-0.15, -0.1) is 0 Å². The third-order valence-electron chi connectivity index (χ3n) is 6.91. The SMILES string of the molecule is N#Cc1cc(Cl)c(Nc2nc3cnc(N[C@H]4CCOC[C@H]4F)nc3n2[C@H]2CC[C@H](C(N)=O)CC2)c(Cl)c1. The van der Waals surface area contributed by atoms with E-state index in [-0.39, 0.29) is 40.5 Å². The lowest BCUT2D eigenvalue weighted by Crippen LogP contribution is -2.39. The highest BCUT2D eigenvalue weighted by molar-refractivity contribution is 6.39. The number of benzene rings is 1. The lowest BCUT2D eigenvalue weighted by atomic mass is 9.85. The molecule has 1 aliphatic heterocycles. The number of nitrogens with two attached hydrogens (primary N) is 1. The fourth-order valence-corrected chi connectivity index (χ4v) is 5.50. The van der Waals surface area contributed by atoms with Crippen LogP contribution in [0.4, 0.5) is 22.0 Å². The molecule has 2 aromatic heterocycles. The second-order valence-corrected chi connectivity index (χ2v) is 10.1. The number of primary amides is 1. The molecule has 10 nitrogen and oxygen atoms in total. The van der Waals surface area contributed by atoms with Gasteiger partial charge in [-0.25, -0.2) is 14.4 Å². The zero-order valence-corrected chi connectivity index (χ0v) is 21.3. The molecule has 2 fully saturated rings. The highest BCUT2D eigenvalue weighted by atomic mass is 35.5. The van der Waals surface area contributed by atoms with E-state index in [1.54, 1.807) is 6.20 Å². The van der Waals surface area contributed by atoms with Crippen LogP contribution < -0.4 is 16.4 Å². The molecule has 0 radical (unpaired) electrons. The molecular weight excluding hydrogens is 522 g/mol. The maximum absolute atomic E-state index is 14.3. The van der Waals surface area contributed by atoms with Gasteiger partial charge in [-0.05, 0) is 44.2 Å². The van der Waals surface area contributed by atoms with E-state index < -0.39 is 12.2 Å². The average molecular weight is 547 g/mol. The molecule has 0 spiro atoms. The van der Waals surface area contributed by atoms with Crippen molar-refractivity contribution in [2.45, 2.75) is 50.4 Å². The van der Waals surface area contributed by atoms with Crippen molar-refractivity contribution in [2.75, 3.05) is 23.8 Å². The van der Waals surface area contributed by atoms with Crippen LogP contribution in [-0.4, -0.2) is 50.9 Å². The second-order valence-electron chi connectivity index (χ2n) is 9.30. The first-order valence-electron chi connectivity index (χ1n) is 12.0. The lowest BCUT2D eigenvalue weighted by molar-refractivity contribution is -0.122. The number of nitriles is 1. The minimum Gasteiger partial charge on any atom is -0.378 e. The van der Waals surface area contributed by atoms with Gasteiger partial charge in [0.2, 0.25) is 17.8 Å². The van der Waals surface area contributed by atoms with E-state index in [0.29, 0.717) is 67.1 Å². The van der Waals surface area contributed by atoms with E-state index in [0.717, 1.165) is 0 Å². The molecule has 3 heterocycles. The summed E-state index contributed by atoms with van der Waals surface area (Å²) in [7, 11) is 0. The normalized spacial score (nSPS) is 23.9. The van der Waals surface area contributed by atoms with Crippen LogP contribution in [0.1, 0.15) is 43.7 Å². The minimum absolute atomic E-state index is 0.0289. The number of hydrogen-bond donors (Lipinski definition) is 3. The average Bonchev–Trinajstić information content (AvgIpc) is 3.24. The van der Waals surface area contributed by atoms with Crippen LogP contribution in [0.25, 0.3) is 11.2 Å². The fraction of sp³-hybridized carbons (Fsp3) is 0.458. The van der Waals surface area contributed by atoms with Crippen molar-refractivity contribution in [3.05, 3.63) is 33.9 Å². The molecule has 5 rings (SSSR count). The first kappa shape index (κ1) is 25.4. The number of fused-ring (bicyclic) bond motifs is 1. The molecular formula is C24H25Cl2FN8O2. The van der Waals surface area contributed by atoms with E-state index in [1.165, 1.54) is 12.1 Å². The van der Waals surface area contributed by atoms with Gasteiger partial charge in [-0.2, -0.15) is 10.2 Å². The zero-order chi connectivity index (χ0) is 26.1. The number of nitrogens with one attached hydrogen (secondary N) is 2. The first-order valence-corrected chi connectivity index (χ1v) is 12.8. The highest BCUT2D eigenvalue weighted by Gasteiger charge is 2.30. The summed E-state index contributed by atoms with van der Waals surface area (Å²) in [6.45, 7) is 0.489. The Bertz CT molecular complexity index is 1350. The van der Waals surface area contributed by atoms with Crippen LogP contribution in [0.15, 0.2) is 18.3 Å². The number of halogens is 3. The molecule has 3 aromatic rings. The standard InChI is InChI=1S/C24H25Cl2FN8O2/c25-15-7-12(9-28)8-16(26)20(15)33-24-32-19-10-30-23(31-18-5-6-37-11-17(18)27)34-22(19)35(24)14-3-1-13(2-4-14)21(29)36/h7-8,10,13-14,17-18H,1-6,11H2,(H2,29,36)(H,32,33)(H,30,31,34)/t13-,14-,17-,18+/m1/s1. The van der Waals surface area contributed by atoms with Crippen molar-refractivity contribution in [1.29, 1.82) is 5.26 Å². The van der Waals surface area contributed by atoms with Crippen molar-refractivity contribution < 1.29 is 13.9 Å². The summed E-state index contributed by atoms with van der Waals surface area (Å²) >= 11 is 12.9. The Morgan fingerprint density at radius 2 is 1.92 bits per heavy atom. The Kier molecular flexibility index (Phi) is 7.33. The molecule has 1 saturated heterocycles. The van der Waals surface area contributed by atoms with E-state index in [2.05, 4.69) is 15.6 Å². The number of amides is 1. The maximum atomic E-state index is 14.3. The minimum atomic E-state index is -1.17. The monoisotopic (exact) mass is 546 g/mol. The van der Waals surface area contributed by atoms with Crippen LogP contribution in [0.5, 0.6) is 0 Å². The summed E-state index contributed by atoms with van der Waals surface area (Å²) in [5, 5.41) is 16.0. The van der Waals surface area contributed by atoms with Crippen LogP contribution in [0, 0.1) is 17.2 Å². The van der Waals surface area contributed by atoms with Gasteiger partial charge >= 0.3 is 0 Å². The summed E-state index contributed by atoms with van der Waals surface area (Å²) in [5.41, 5.74) is 7.34. The van der Waals surface area contributed by atoms with Crippen LogP contribution in [0.3, 0.4) is 0 Å². The van der Waals surface area contributed by atoms with Crippen LogP contribution in [0.2, 0.25) is 10.0 Å². The van der Waals surface area contributed by atoms with E-state index in [1.807, 2.05) is 10.6 Å². The Morgan fingerprint density at radius 3 is 2.57 bits per heavy atom. The Balaban J connectivity index is 1.53. The topological polar surface area (TPSA) is 144 Å². The van der Waals surface area contributed by atoms with Gasteiger partial charge in [0, 0.05) is 18.6 Å². The van der Waals surface area contributed by atoms with Crippen LogP contribution >= 0.6 is 23.2 Å². The summed E-state index contributed by atoms with van der Waals surface area (Å²) in [5.74, 6) is 0.253. The van der Waals surface area contributed by atoms with E-state index in [9.17, 15) is 14.4 Å². The van der Waals surface area contributed by atoms with Crippen molar-refractivity contribution in [1.82, 2.24) is 19.5 Å². The fourth-order valence-electron chi connectivity index (χ4n) is 4.91. The highest BCUT2D eigenvalue weighted by Crippen LogP contribution is 2.39. The van der Waals surface area contributed by atoms with Gasteiger partial charge in [0.25, 0.3) is 0 Å². The summed E-state index contributed by atoms with van der Waals surface area (Å²) in [6, 6.07) is 4.56. The van der Waals surface area contributed by atoms with Crippen molar-refractivity contribution in [3.63, 3.8) is 0 Å². The van der Waals surface area contributed by atoms with Crippen molar-refractivity contribution in [2.24, 2.45) is 11.7 Å². The number of anilines is 3. The summed E-state index contributed by atoms with van der Waals surface area (Å²) in [6.07, 6.45) is 3.56. The molecule has 4 N–H and O–H groups in total. The number of carbonyl (C=O) groups excluding carboxylic acids is 1. The quantitative estimate of drug-likeness (QED) is 0.409. The Morgan fingerprint density at radius 1 is 1.19 bits per heavy atom.